The molecule has 0 fully saturated rings. The number of carbonyl (C=O) groups excluding carboxylic acids is 1. The molecule has 3 aromatic carbocycles. The summed E-state index contributed by atoms with van der Waals surface area (Å²) in [6, 6.07) is 19.0. The maximum absolute atomic E-state index is 14.4. The Balaban J connectivity index is 1.65. The molecule has 1 heterocycles. The van der Waals surface area contributed by atoms with E-state index in [2.05, 4.69) is 15.3 Å². The number of alkyl halides is 3. The van der Waals surface area contributed by atoms with Crippen LogP contribution in [-0.4, -0.2) is 39.2 Å². The van der Waals surface area contributed by atoms with Crippen molar-refractivity contribution in [1.29, 1.82) is 0 Å². The molecule has 9 nitrogen and oxygen atoms in total. The number of aromatic nitrogens is 2. The molecular weight excluding hydrogens is 539 g/mol. The van der Waals surface area contributed by atoms with Crippen LogP contribution < -0.4 is 21.5 Å². The molecule has 0 aliphatic rings. The molecule has 0 spiro atoms. The Kier molecular flexibility index (Phi) is 8.53. The zero-order chi connectivity index (χ0) is 29.7. The summed E-state index contributed by atoms with van der Waals surface area (Å²) in [5.74, 6) is -2.09. The van der Waals surface area contributed by atoms with Gasteiger partial charge in [-0.3, -0.25) is 9.59 Å². The minimum atomic E-state index is -4.82. The van der Waals surface area contributed by atoms with Crippen molar-refractivity contribution in [2.75, 3.05) is 11.1 Å². The third kappa shape index (κ3) is 7.37. The molecule has 0 saturated heterocycles. The number of rotatable bonds is 9. The van der Waals surface area contributed by atoms with E-state index in [0.717, 1.165) is 0 Å². The summed E-state index contributed by atoms with van der Waals surface area (Å²) >= 11 is 0. The molecule has 1 aromatic heterocycles. The standard InChI is InChI=1S/C29H26F3N5O4/c1-16(38)35-20-12-10-18(11-13-20)21-4-2-3-5-22(21)26(29(30,31)32)41-25-15-24(36-28(34)37-25)19-8-6-17(7-9-19)14-23(33)27(39)40/h2-13,15,23,26H,14,33H2,1H3,(H,35,38)(H,39,40)(H2,34,36,37)/t23-,26?/m0/s1. The SMILES string of the molecule is CC(=O)Nc1ccc(-c2ccccc2C(Oc2cc(-c3ccc(C[C@H](N)C(=O)O)cc3)nc(N)n2)C(F)(F)F)cc1. The lowest BCUT2D eigenvalue weighted by atomic mass is 9.95. The number of benzene rings is 3. The van der Waals surface area contributed by atoms with Crippen LogP contribution in [0.15, 0.2) is 78.9 Å². The van der Waals surface area contributed by atoms with E-state index in [4.69, 9.17) is 21.3 Å². The lowest BCUT2D eigenvalue weighted by Crippen LogP contribution is -2.32. The third-order valence-electron chi connectivity index (χ3n) is 6.04. The number of nitrogen functional groups attached to an aromatic ring is 1. The molecule has 2 atom stereocenters. The second kappa shape index (κ2) is 12.0. The number of ether oxygens (including phenoxy) is 1. The molecule has 0 radical (unpaired) electrons. The molecule has 1 unspecified atom stereocenters. The number of aliphatic carboxylic acids is 1. The van der Waals surface area contributed by atoms with Crippen molar-refractivity contribution in [2.24, 2.45) is 5.73 Å². The summed E-state index contributed by atoms with van der Waals surface area (Å²) in [6.07, 6.45) is -7.12. The van der Waals surface area contributed by atoms with Gasteiger partial charge >= 0.3 is 12.1 Å². The van der Waals surface area contributed by atoms with E-state index in [0.29, 0.717) is 22.4 Å². The van der Waals surface area contributed by atoms with E-state index in [1.807, 2.05) is 0 Å². The molecule has 0 bridgehead atoms. The molecule has 0 aliphatic carbocycles. The molecule has 4 aromatic rings. The third-order valence-corrected chi connectivity index (χ3v) is 6.04. The number of carboxylic acids is 1. The monoisotopic (exact) mass is 565 g/mol. The lowest BCUT2D eigenvalue weighted by Gasteiger charge is -2.24. The lowest BCUT2D eigenvalue weighted by molar-refractivity contribution is -0.198. The highest BCUT2D eigenvalue weighted by Crippen LogP contribution is 2.41. The topological polar surface area (TPSA) is 153 Å². The van der Waals surface area contributed by atoms with Crippen LogP contribution in [0.2, 0.25) is 0 Å². The van der Waals surface area contributed by atoms with Crippen molar-refractivity contribution in [2.45, 2.75) is 31.7 Å². The van der Waals surface area contributed by atoms with Gasteiger partial charge in [0, 0.05) is 29.8 Å². The summed E-state index contributed by atoms with van der Waals surface area (Å²) < 4.78 is 48.7. The fourth-order valence-electron chi connectivity index (χ4n) is 4.16. The number of anilines is 2. The first kappa shape index (κ1) is 29.0. The van der Waals surface area contributed by atoms with Crippen LogP contribution in [0.4, 0.5) is 24.8 Å². The van der Waals surface area contributed by atoms with Gasteiger partial charge in [0.25, 0.3) is 0 Å². The molecule has 1 amide bonds. The maximum atomic E-state index is 14.4. The van der Waals surface area contributed by atoms with Crippen molar-refractivity contribution in [3.05, 3.63) is 90.0 Å². The normalized spacial score (nSPS) is 12.8. The van der Waals surface area contributed by atoms with E-state index in [-0.39, 0.29) is 41.0 Å². The van der Waals surface area contributed by atoms with Crippen LogP contribution in [0.5, 0.6) is 5.88 Å². The predicted octanol–water partition coefficient (Wildman–Crippen LogP) is 4.99. The summed E-state index contributed by atoms with van der Waals surface area (Å²) in [5, 5.41) is 11.6. The number of amides is 1. The van der Waals surface area contributed by atoms with E-state index < -0.39 is 24.3 Å². The van der Waals surface area contributed by atoms with Crippen LogP contribution >= 0.6 is 0 Å². The van der Waals surface area contributed by atoms with Gasteiger partial charge in [0.2, 0.25) is 23.8 Å². The number of carbonyl (C=O) groups is 2. The minimum absolute atomic E-state index is 0.0958. The van der Waals surface area contributed by atoms with Crippen molar-refractivity contribution in [3.8, 4) is 28.3 Å². The largest absolute Gasteiger partial charge is 0.480 e. The smallest absolute Gasteiger partial charge is 0.429 e. The predicted molar refractivity (Wildman–Crippen MR) is 147 cm³/mol. The summed E-state index contributed by atoms with van der Waals surface area (Å²) in [7, 11) is 0. The fraction of sp³-hybridized carbons (Fsp3) is 0.172. The summed E-state index contributed by atoms with van der Waals surface area (Å²) in [4.78, 5) is 30.3. The van der Waals surface area contributed by atoms with Gasteiger partial charge in [-0.2, -0.15) is 18.2 Å². The minimum Gasteiger partial charge on any atom is -0.480 e. The Bertz CT molecular complexity index is 1540. The second-order valence-corrected chi connectivity index (χ2v) is 9.18. The average molecular weight is 566 g/mol. The number of halogens is 3. The van der Waals surface area contributed by atoms with Crippen LogP contribution in [0.3, 0.4) is 0 Å². The maximum Gasteiger partial charge on any atom is 0.429 e. The molecule has 6 N–H and O–H groups in total. The van der Waals surface area contributed by atoms with Crippen LogP contribution in [0.25, 0.3) is 22.4 Å². The highest BCUT2D eigenvalue weighted by Gasteiger charge is 2.44. The van der Waals surface area contributed by atoms with Crippen LogP contribution in [-0.2, 0) is 16.0 Å². The molecule has 12 heteroatoms. The van der Waals surface area contributed by atoms with E-state index in [1.54, 1.807) is 60.7 Å². The van der Waals surface area contributed by atoms with Crippen molar-refractivity contribution >= 4 is 23.5 Å². The van der Waals surface area contributed by atoms with Crippen molar-refractivity contribution in [3.63, 3.8) is 0 Å². The van der Waals surface area contributed by atoms with Crippen LogP contribution in [0.1, 0.15) is 24.2 Å². The summed E-state index contributed by atoms with van der Waals surface area (Å²) in [6.45, 7) is 1.35. The van der Waals surface area contributed by atoms with Gasteiger partial charge in [0.15, 0.2) is 0 Å². The van der Waals surface area contributed by atoms with Gasteiger partial charge in [0.1, 0.15) is 6.04 Å². The molecule has 0 aliphatic heterocycles. The first-order valence-corrected chi connectivity index (χ1v) is 12.3. The Morgan fingerprint density at radius 1 is 0.976 bits per heavy atom. The van der Waals surface area contributed by atoms with Gasteiger partial charge in [-0.15, -0.1) is 0 Å². The first-order valence-electron chi connectivity index (χ1n) is 12.3. The van der Waals surface area contributed by atoms with E-state index in [1.165, 1.54) is 25.1 Å². The van der Waals surface area contributed by atoms with Crippen LogP contribution in [0, 0.1) is 0 Å². The first-order chi connectivity index (χ1) is 19.4. The fourth-order valence-corrected chi connectivity index (χ4v) is 4.16. The molecule has 0 saturated carbocycles. The Hall–Kier alpha value is -4.97. The van der Waals surface area contributed by atoms with E-state index in [9.17, 15) is 22.8 Å². The number of nitrogens with one attached hydrogen (secondary N) is 1. The quantitative estimate of drug-likeness (QED) is 0.221. The molecular formula is C29H26F3N5O4. The van der Waals surface area contributed by atoms with Gasteiger partial charge in [-0.1, -0.05) is 60.7 Å². The second-order valence-electron chi connectivity index (χ2n) is 9.18. The summed E-state index contributed by atoms with van der Waals surface area (Å²) in [5.41, 5.74) is 13.9. The highest BCUT2D eigenvalue weighted by atomic mass is 19.4. The molecule has 41 heavy (non-hydrogen) atoms. The Labute approximate surface area is 233 Å². The zero-order valence-electron chi connectivity index (χ0n) is 21.7. The van der Waals surface area contributed by atoms with Gasteiger partial charge < -0.3 is 26.6 Å². The number of nitrogens with two attached hydrogens (primary N) is 2. The Morgan fingerprint density at radius 3 is 2.22 bits per heavy atom. The molecule has 4 rings (SSSR count). The highest BCUT2D eigenvalue weighted by molar-refractivity contribution is 5.89. The van der Waals surface area contributed by atoms with E-state index >= 15 is 0 Å². The number of carboxylic acid groups (broad SMARTS) is 1. The van der Waals surface area contributed by atoms with Crippen molar-refractivity contribution < 1.29 is 32.6 Å². The van der Waals surface area contributed by atoms with Gasteiger partial charge in [0.05, 0.1) is 5.69 Å². The Morgan fingerprint density at radius 2 is 1.61 bits per heavy atom. The number of hydrogen-bond donors (Lipinski definition) is 4. The molecule has 212 valence electrons. The zero-order valence-corrected chi connectivity index (χ0v) is 21.7. The average Bonchev–Trinajstić information content (AvgIpc) is 2.91. The number of hydrogen-bond acceptors (Lipinski definition) is 7. The van der Waals surface area contributed by atoms with Crippen molar-refractivity contribution in [1.82, 2.24) is 9.97 Å². The van der Waals surface area contributed by atoms with Gasteiger partial charge in [-0.25, -0.2) is 4.98 Å². The number of nitrogens with zero attached hydrogens (tertiary/aromatic N) is 2. The van der Waals surface area contributed by atoms with Gasteiger partial charge in [-0.05, 0) is 35.2 Å².